The van der Waals surface area contributed by atoms with Gasteiger partial charge in [-0.15, -0.1) is 0 Å². The van der Waals surface area contributed by atoms with Gasteiger partial charge in [0.05, 0.1) is 6.54 Å². The van der Waals surface area contributed by atoms with Crippen LogP contribution in [-0.4, -0.2) is 36.9 Å². The number of aryl methyl sites for hydroxylation is 1. The summed E-state index contributed by atoms with van der Waals surface area (Å²) in [4.78, 5) is 11.6. The lowest BCUT2D eigenvalue weighted by Gasteiger charge is -2.16. The van der Waals surface area contributed by atoms with Crippen molar-refractivity contribution in [2.24, 2.45) is 0 Å². The Kier molecular flexibility index (Phi) is 7.50. The van der Waals surface area contributed by atoms with E-state index in [4.69, 9.17) is 9.84 Å². The molecule has 5 heteroatoms. The summed E-state index contributed by atoms with van der Waals surface area (Å²) >= 11 is 0. The molecule has 0 heterocycles. The van der Waals surface area contributed by atoms with Crippen molar-refractivity contribution < 1.29 is 14.6 Å². The molecule has 0 aliphatic heterocycles. The Hall–Kier alpha value is -1.75. The van der Waals surface area contributed by atoms with E-state index in [1.54, 1.807) is 0 Å². The summed E-state index contributed by atoms with van der Waals surface area (Å²) in [5, 5.41) is 14.4. The lowest BCUT2D eigenvalue weighted by molar-refractivity contribution is 0.224. The Labute approximate surface area is 120 Å². The van der Waals surface area contributed by atoms with Gasteiger partial charge in [-0.2, -0.15) is 0 Å². The van der Waals surface area contributed by atoms with Crippen molar-refractivity contribution in [1.29, 1.82) is 0 Å². The Morgan fingerprint density at radius 2 is 2.15 bits per heavy atom. The van der Waals surface area contributed by atoms with Gasteiger partial charge >= 0.3 is 6.03 Å². The van der Waals surface area contributed by atoms with Gasteiger partial charge < -0.3 is 20.5 Å². The van der Waals surface area contributed by atoms with Gasteiger partial charge in [0.1, 0.15) is 12.4 Å². The highest BCUT2D eigenvalue weighted by Crippen LogP contribution is 2.15. The van der Waals surface area contributed by atoms with Crippen molar-refractivity contribution in [1.82, 2.24) is 10.6 Å². The van der Waals surface area contributed by atoms with Crippen LogP contribution in [0.2, 0.25) is 0 Å². The first-order valence-corrected chi connectivity index (χ1v) is 7.01. The highest BCUT2D eigenvalue weighted by Gasteiger charge is 2.08. The maximum absolute atomic E-state index is 11.6. The van der Waals surface area contributed by atoms with E-state index >= 15 is 0 Å². The lowest BCUT2D eigenvalue weighted by Crippen LogP contribution is -2.43. The second kappa shape index (κ2) is 9.20. The summed E-state index contributed by atoms with van der Waals surface area (Å²) in [6.07, 6.45) is 1.37. The van der Waals surface area contributed by atoms with Crippen LogP contribution < -0.4 is 15.4 Å². The molecule has 112 valence electrons. The van der Waals surface area contributed by atoms with Crippen LogP contribution in [0.25, 0.3) is 0 Å². The number of hydrogen-bond donors (Lipinski definition) is 3. The number of benzene rings is 1. The number of nitrogens with one attached hydrogen (secondary N) is 2. The van der Waals surface area contributed by atoms with Crippen molar-refractivity contribution in [3.05, 3.63) is 29.8 Å². The third kappa shape index (κ3) is 5.93. The van der Waals surface area contributed by atoms with Crippen molar-refractivity contribution in [2.45, 2.75) is 32.7 Å². The minimum atomic E-state index is -0.223. The van der Waals surface area contributed by atoms with Crippen molar-refractivity contribution in [3.63, 3.8) is 0 Å². The minimum Gasteiger partial charge on any atom is -0.491 e. The third-order valence-corrected chi connectivity index (χ3v) is 3.04. The molecule has 1 rings (SSSR count). The molecule has 0 bridgehead atoms. The molecule has 0 radical (unpaired) electrons. The lowest BCUT2D eigenvalue weighted by atomic mass is 10.2. The zero-order valence-corrected chi connectivity index (χ0v) is 12.2. The molecule has 0 aromatic heterocycles. The Bertz CT molecular complexity index is 410. The number of urea groups is 1. The molecule has 0 spiro atoms. The number of carbonyl (C=O) groups is 1. The van der Waals surface area contributed by atoms with Crippen molar-refractivity contribution in [2.75, 3.05) is 19.8 Å². The number of hydrogen-bond acceptors (Lipinski definition) is 3. The van der Waals surface area contributed by atoms with E-state index in [1.165, 1.54) is 0 Å². The number of aliphatic hydroxyl groups excluding tert-OH is 1. The van der Waals surface area contributed by atoms with Crippen LogP contribution >= 0.6 is 0 Å². The molecular formula is C15H24N2O3. The third-order valence-electron chi connectivity index (χ3n) is 3.04. The molecule has 0 aliphatic carbocycles. The maximum atomic E-state index is 11.6. The quantitative estimate of drug-likeness (QED) is 0.636. The van der Waals surface area contributed by atoms with Crippen LogP contribution in [0.5, 0.6) is 5.75 Å². The average Bonchev–Trinajstić information content (AvgIpc) is 2.45. The van der Waals surface area contributed by atoms with E-state index in [9.17, 15) is 4.79 Å². The van der Waals surface area contributed by atoms with Gasteiger partial charge in [-0.1, -0.05) is 25.1 Å². The minimum absolute atomic E-state index is 0.0114. The highest BCUT2D eigenvalue weighted by molar-refractivity contribution is 5.74. The van der Waals surface area contributed by atoms with Gasteiger partial charge in [0, 0.05) is 12.6 Å². The van der Waals surface area contributed by atoms with Gasteiger partial charge in [0.25, 0.3) is 0 Å². The number of para-hydroxylation sites is 1. The van der Waals surface area contributed by atoms with E-state index in [2.05, 4.69) is 10.6 Å². The van der Waals surface area contributed by atoms with Gasteiger partial charge in [-0.25, -0.2) is 4.79 Å². The fraction of sp³-hybridized carbons (Fsp3) is 0.533. The first-order valence-electron chi connectivity index (χ1n) is 7.01. The number of aliphatic hydroxyl groups is 1. The summed E-state index contributed by atoms with van der Waals surface area (Å²) in [6.45, 7) is 4.90. The molecule has 0 aliphatic rings. The van der Waals surface area contributed by atoms with E-state index in [0.717, 1.165) is 17.7 Å². The van der Waals surface area contributed by atoms with Gasteiger partial charge in [-0.05, 0) is 31.4 Å². The zero-order valence-electron chi connectivity index (χ0n) is 12.2. The standard InChI is InChI=1S/C15H24N2O3/c1-3-13(8-10-18)17-15(19)16-9-11-20-14-7-5-4-6-12(14)2/h4-7,13,18H,3,8-11H2,1-2H3,(H2,16,17,19). The second-order valence-corrected chi connectivity index (χ2v) is 4.63. The number of carbonyl (C=O) groups excluding carboxylic acids is 1. The SMILES string of the molecule is CCC(CCO)NC(=O)NCCOc1ccccc1C. The van der Waals surface area contributed by atoms with Gasteiger partial charge in [0.2, 0.25) is 0 Å². The molecule has 20 heavy (non-hydrogen) atoms. The van der Waals surface area contributed by atoms with Crippen LogP contribution in [0.15, 0.2) is 24.3 Å². The summed E-state index contributed by atoms with van der Waals surface area (Å²) in [6, 6.07) is 7.55. The molecule has 0 saturated carbocycles. The predicted molar refractivity (Wildman–Crippen MR) is 79.0 cm³/mol. The predicted octanol–water partition coefficient (Wildman–Crippen LogP) is 1.83. The second-order valence-electron chi connectivity index (χ2n) is 4.63. The smallest absolute Gasteiger partial charge is 0.315 e. The normalized spacial score (nSPS) is 11.8. The number of rotatable bonds is 8. The first kappa shape index (κ1) is 16.3. The molecule has 1 unspecified atom stereocenters. The topological polar surface area (TPSA) is 70.6 Å². The number of amides is 2. The van der Waals surface area contributed by atoms with E-state index in [1.807, 2.05) is 38.1 Å². The summed E-state index contributed by atoms with van der Waals surface area (Å²) in [7, 11) is 0. The van der Waals surface area contributed by atoms with Crippen LogP contribution in [0.4, 0.5) is 4.79 Å². The van der Waals surface area contributed by atoms with Gasteiger partial charge in [0.15, 0.2) is 0 Å². The van der Waals surface area contributed by atoms with E-state index in [-0.39, 0.29) is 18.7 Å². The van der Waals surface area contributed by atoms with Crippen molar-refractivity contribution in [3.8, 4) is 5.75 Å². The number of ether oxygens (including phenoxy) is 1. The van der Waals surface area contributed by atoms with E-state index < -0.39 is 0 Å². The highest BCUT2D eigenvalue weighted by atomic mass is 16.5. The Balaban J connectivity index is 2.20. The molecule has 0 fully saturated rings. The molecule has 2 amide bonds. The fourth-order valence-corrected chi connectivity index (χ4v) is 1.81. The monoisotopic (exact) mass is 280 g/mol. The van der Waals surface area contributed by atoms with Gasteiger partial charge in [-0.3, -0.25) is 0 Å². The summed E-state index contributed by atoms with van der Waals surface area (Å²) in [5.74, 6) is 0.835. The summed E-state index contributed by atoms with van der Waals surface area (Å²) < 4.78 is 5.58. The maximum Gasteiger partial charge on any atom is 0.315 e. The Morgan fingerprint density at radius 1 is 1.40 bits per heavy atom. The first-order chi connectivity index (χ1) is 9.67. The zero-order chi connectivity index (χ0) is 14.8. The molecule has 5 nitrogen and oxygen atoms in total. The van der Waals surface area contributed by atoms with Crippen LogP contribution in [0.3, 0.4) is 0 Å². The van der Waals surface area contributed by atoms with Crippen LogP contribution in [0, 0.1) is 6.92 Å². The molecule has 1 aromatic rings. The molecule has 1 aromatic carbocycles. The Morgan fingerprint density at radius 3 is 2.80 bits per heavy atom. The van der Waals surface area contributed by atoms with Crippen LogP contribution in [-0.2, 0) is 0 Å². The molecule has 0 saturated heterocycles. The molecular weight excluding hydrogens is 256 g/mol. The van der Waals surface area contributed by atoms with Crippen molar-refractivity contribution >= 4 is 6.03 Å². The van der Waals surface area contributed by atoms with E-state index in [0.29, 0.717) is 19.6 Å². The average molecular weight is 280 g/mol. The molecule has 3 N–H and O–H groups in total. The largest absolute Gasteiger partial charge is 0.491 e. The summed E-state index contributed by atoms with van der Waals surface area (Å²) in [5.41, 5.74) is 1.07. The fourth-order valence-electron chi connectivity index (χ4n) is 1.81. The van der Waals surface area contributed by atoms with Crippen LogP contribution in [0.1, 0.15) is 25.3 Å². The molecule has 1 atom stereocenters.